The van der Waals surface area contributed by atoms with E-state index in [0.29, 0.717) is 0 Å². The predicted octanol–water partition coefficient (Wildman–Crippen LogP) is 2.74. The lowest BCUT2D eigenvalue weighted by atomic mass is 10.0. The third kappa shape index (κ3) is 2.96. The van der Waals surface area contributed by atoms with Gasteiger partial charge in [0, 0.05) is 35.7 Å². The maximum absolute atomic E-state index is 5.85. The highest BCUT2D eigenvalue weighted by Crippen LogP contribution is 2.25. The molecule has 0 spiro atoms. The predicted molar refractivity (Wildman–Crippen MR) is 73.7 cm³/mol. The summed E-state index contributed by atoms with van der Waals surface area (Å²) in [5.74, 6) is 0. The number of nitrogens with two attached hydrogens (primary N) is 1. The Labute approximate surface area is 110 Å². The molecule has 90 valence electrons. The number of nitrogens with zero attached hydrogens (tertiary/aromatic N) is 2. The quantitative estimate of drug-likeness (QED) is 0.946. The van der Waals surface area contributed by atoms with E-state index in [9.17, 15) is 0 Å². The fraction of sp³-hybridized carbons (Fsp3) is 0.308. The fourth-order valence-electron chi connectivity index (χ4n) is 1.86. The van der Waals surface area contributed by atoms with Gasteiger partial charge in [0.2, 0.25) is 0 Å². The zero-order valence-corrected chi connectivity index (χ0v) is 11.6. The van der Waals surface area contributed by atoms with Gasteiger partial charge in [0.1, 0.15) is 0 Å². The summed E-state index contributed by atoms with van der Waals surface area (Å²) in [6, 6.07) is 8.38. The van der Waals surface area contributed by atoms with Crippen molar-refractivity contribution in [2.45, 2.75) is 19.4 Å². The zero-order valence-electron chi connectivity index (χ0n) is 10.0. The van der Waals surface area contributed by atoms with E-state index in [4.69, 9.17) is 5.73 Å². The van der Waals surface area contributed by atoms with Gasteiger partial charge in [-0.15, -0.1) is 0 Å². The van der Waals surface area contributed by atoms with Crippen LogP contribution < -0.4 is 5.73 Å². The van der Waals surface area contributed by atoms with Crippen molar-refractivity contribution in [1.29, 1.82) is 0 Å². The molecule has 1 unspecified atom stereocenters. The minimum Gasteiger partial charge on any atom is -0.328 e. The molecule has 0 fully saturated rings. The van der Waals surface area contributed by atoms with Crippen LogP contribution in [0.4, 0.5) is 0 Å². The number of hydrogen-bond acceptors (Lipinski definition) is 2. The Bertz CT molecular complexity index is 500. The zero-order chi connectivity index (χ0) is 12.4. The van der Waals surface area contributed by atoms with Crippen molar-refractivity contribution in [3.63, 3.8) is 0 Å². The molecule has 0 aliphatic rings. The van der Waals surface area contributed by atoms with Crippen molar-refractivity contribution in [3.8, 4) is 11.1 Å². The summed E-state index contributed by atoms with van der Waals surface area (Å²) in [5.41, 5.74) is 9.25. The van der Waals surface area contributed by atoms with Crippen molar-refractivity contribution in [3.05, 3.63) is 40.6 Å². The van der Waals surface area contributed by atoms with E-state index in [-0.39, 0.29) is 6.04 Å². The molecule has 1 atom stereocenters. The van der Waals surface area contributed by atoms with Crippen molar-refractivity contribution >= 4 is 15.9 Å². The average Bonchev–Trinajstić information content (AvgIpc) is 2.59. The fourth-order valence-corrected chi connectivity index (χ4v) is 2.13. The minimum absolute atomic E-state index is 0.124. The van der Waals surface area contributed by atoms with Crippen molar-refractivity contribution in [1.82, 2.24) is 9.78 Å². The van der Waals surface area contributed by atoms with Crippen molar-refractivity contribution < 1.29 is 0 Å². The molecule has 0 radical (unpaired) electrons. The van der Waals surface area contributed by atoms with Gasteiger partial charge in [0.05, 0.1) is 5.69 Å². The standard InChI is InChI=1S/C13H16BrN3/c1-9(15)7-13-12(8-17(2)16-13)10-3-5-11(14)6-4-10/h3-6,8-9H,7,15H2,1-2H3. The number of rotatable bonds is 3. The molecule has 0 amide bonds. The molecular weight excluding hydrogens is 278 g/mol. The van der Waals surface area contributed by atoms with E-state index in [1.165, 1.54) is 5.56 Å². The Kier molecular flexibility index (Phi) is 3.64. The molecule has 1 heterocycles. The molecule has 0 aliphatic carbocycles. The number of aromatic nitrogens is 2. The smallest absolute Gasteiger partial charge is 0.0718 e. The number of hydrogen-bond donors (Lipinski definition) is 1. The summed E-state index contributed by atoms with van der Waals surface area (Å²) in [4.78, 5) is 0. The Morgan fingerprint density at radius 3 is 2.59 bits per heavy atom. The van der Waals surface area contributed by atoms with Crippen LogP contribution in [0.25, 0.3) is 11.1 Å². The van der Waals surface area contributed by atoms with E-state index in [1.54, 1.807) is 0 Å². The average molecular weight is 294 g/mol. The number of halogens is 1. The molecule has 2 aromatic rings. The Morgan fingerprint density at radius 1 is 1.35 bits per heavy atom. The van der Waals surface area contributed by atoms with Crippen LogP contribution >= 0.6 is 15.9 Å². The maximum Gasteiger partial charge on any atom is 0.0718 e. The summed E-state index contributed by atoms with van der Waals surface area (Å²) in [7, 11) is 1.94. The van der Waals surface area contributed by atoms with Gasteiger partial charge in [-0.2, -0.15) is 5.10 Å². The van der Waals surface area contributed by atoms with Gasteiger partial charge in [-0.05, 0) is 24.6 Å². The lowest BCUT2D eigenvalue weighted by Crippen LogP contribution is -2.18. The molecule has 2 rings (SSSR count). The lowest BCUT2D eigenvalue weighted by Gasteiger charge is -2.05. The molecule has 0 saturated heterocycles. The van der Waals surface area contributed by atoms with E-state index < -0.39 is 0 Å². The van der Waals surface area contributed by atoms with Gasteiger partial charge in [-0.25, -0.2) is 0 Å². The first-order valence-electron chi connectivity index (χ1n) is 5.60. The normalized spacial score (nSPS) is 12.7. The molecule has 1 aromatic carbocycles. The first-order valence-corrected chi connectivity index (χ1v) is 6.39. The molecule has 4 heteroatoms. The topological polar surface area (TPSA) is 43.8 Å². The van der Waals surface area contributed by atoms with Crippen LogP contribution in [0.3, 0.4) is 0 Å². The molecular formula is C13H16BrN3. The van der Waals surface area contributed by atoms with Crippen LogP contribution in [0.5, 0.6) is 0 Å². The number of benzene rings is 1. The highest BCUT2D eigenvalue weighted by atomic mass is 79.9. The van der Waals surface area contributed by atoms with Crippen molar-refractivity contribution in [2.75, 3.05) is 0 Å². The monoisotopic (exact) mass is 293 g/mol. The van der Waals surface area contributed by atoms with Crippen LogP contribution in [-0.2, 0) is 13.5 Å². The highest BCUT2D eigenvalue weighted by Gasteiger charge is 2.11. The molecule has 0 aliphatic heterocycles. The van der Waals surface area contributed by atoms with Gasteiger partial charge in [0.15, 0.2) is 0 Å². The van der Waals surface area contributed by atoms with Gasteiger partial charge >= 0.3 is 0 Å². The van der Waals surface area contributed by atoms with Crippen LogP contribution in [0.2, 0.25) is 0 Å². The van der Waals surface area contributed by atoms with Crippen LogP contribution in [0, 0.1) is 0 Å². The first-order chi connectivity index (χ1) is 8.06. The molecule has 3 nitrogen and oxygen atoms in total. The second-order valence-electron chi connectivity index (χ2n) is 4.35. The van der Waals surface area contributed by atoms with Crippen LogP contribution in [0.1, 0.15) is 12.6 Å². The van der Waals surface area contributed by atoms with Gasteiger partial charge in [-0.3, -0.25) is 4.68 Å². The summed E-state index contributed by atoms with van der Waals surface area (Å²) in [6.07, 6.45) is 2.84. The third-order valence-corrected chi connectivity index (χ3v) is 3.10. The second-order valence-corrected chi connectivity index (χ2v) is 5.27. The highest BCUT2D eigenvalue weighted by molar-refractivity contribution is 9.10. The van der Waals surface area contributed by atoms with Crippen LogP contribution in [-0.4, -0.2) is 15.8 Å². The minimum atomic E-state index is 0.124. The van der Waals surface area contributed by atoms with Gasteiger partial charge < -0.3 is 5.73 Å². The summed E-state index contributed by atoms with van der Waals surface area (Å²) in [5, 5.41) is 4.47. The summed E-state index contributed by atoms with van der Waals surface area (Å²) < 4.78 is 2.92. The SMILES string of the molecule is CC(N)Cc1nn(C)cc1-c1ccc(Br)cc1. The molecule has 0 bridgehead atoms. The third-order valence-electron chi connectivity index (χ3n) is 2.58. The maximum atomic E-state index is 5.85. The van der Waals surface area contributed by atoms with Gasteiger partial charge in [-0.1, -0.05) is 28.1 Å². The van der Waals surface area contributed by atoms with E-state index in [1.807, 2.05) is 37.0 Å². The van der Waals surface area contributed by atoms with Crippen molar-refractivity contribution in [2.24, 2.45) is 12.8 Å². The Morgan fingerprint density at radius 2 is 2.00 bits per heavy atom. The first kappa shape index (κ1) is 12.3. The van der Waals surface area contributed by atoms with E-state index >= 15 is 0 Å². The van der Waals surface area contributed by atoms with E-state index in [2.05, 4.69) is 33.2 Å². The molecule has 1 aromatic heterocycles. The Balaban J connectivity index is 2.40. The molecule has 0 saturated carbocycles. The summed E-state index contributed by atoms with van der Waals surface area (Å²) >= 11 is 3.44. The largest absolute Gasteiger partial charge is 0.328 e. The van der Waals surface area contributed by atoms with Gasteiger partial charge in [0.25, 0.3) is 0 Å². The lowest BCUT2D eigenvalue weighted by molar-refractivity contribution is 0.686. The number of aryl methyl sites for hydroxylation is 1. The second kappa shape index (κ2) is 5.02. The van der Waals surface area contributed by atoms with E-state index in [0.717, 1.165) is 22.2 Å². The molecule has 2 N–H and O–H groups in total. The molecule has 17 heavy (non-hydrogen) atoms. The Hall–Kier alpha value is -1.13. The van der Waals surface area contributed by atoms with Crippen LogP contribution in [0.15, 0.2) is 34.9 Å². The summed E-state index contributed by atoms with van der Waals surface area (Å²) in [6.45, 7) is 2.00.